The Morgan fingerprint density at radius 3 is 2.41 bits per heavy atom. The van der Waals surface area contributed by atoms with E-state index in [1.165, 1.54) is 5.56 Å². The standard InChI is InChI=1S/C21H29N3O3/c1-5-17-19(20(25)27-7-3)18(6-2)24-21(23-17)22-13-9-11-15-10-8-12-16(14-15)26-4/h8,10,12,14H,5-7,9,11,13H2,1-4H3,(H,22,23,24). The molecule has 0 bridgehead atoms. The van der Waals surface area contributed by atoms with E-state index in [-0.39, 0.29) is 5.97 Å². The number of methoxy groups -OCH3 is 1. The van der Waals surface area contributed by atoms with E-state index in [2.05, 4.69) is 27.4 Å². The van der Waals surface area contributed by atoms with Gasteiger partial charge in [0.1, 0.15) is 11.3 Å². The van der Waals surface area contributed by atoms with E-state index >= 15 is 0 Å². The van der Waals surface area contributed by atoms with Gasteiger partial charge in [0.2, 0.25) is 5.95 Å². The van der Waals surface area contributed by atoms with Crippen LogP contribution in [0.5, 0.6) is 5.75 Å². The number of hydrogen-bond acceptors (Lipinski definition) is 6. The van der Waals surface area contributed by atoms with Crippen molar-refractivity contribution >= 4 is 11.9 Å². The summed E-state index contributed by atoms with van der Waals surface area (Å²) in [5.74, 6) is 1.11. The molecule has 0 unspecified atom stereocenters. The topological polar surface area (TPSA) is 73.3 Å². The molecule has 0 aliphatic heterocycles. The van der Waals surface area contributed by atoms with E-state index in [1.807, 2.05) is 26.0 Å². The number of aromatic nitrogens is 2. The van der Waals surface area contributed by atoms with Gasteiger partial charge in [-0.25, -0.2) is 14.8 Å². The van der Waals surface area contributed by atoms with E-state index in [1.54, 1.807) is 14.0 Å². The Bertz CT molecular complexity index is 737. The number of anilines is 1. The summed E-state index contributed by atoms with van der Waals surface area (Å²) < 4.78 is 10.4. The van der Waals surface area contributed by atoms with Crippen LogP contribution in [0.3, 0.4) is 0 Å². The van der Waals surface area contributed by atoms with Crippen LogP contribution in [0, 0.1) is 0 Å². The Morgan fingerprint density at radius 2 is 1.81 bits per heavy atom. The number of aryl methyl sites for hydroxylation is 3. The van der Waals surface area contributed by atoms with Gasteiger partial charge < -0.3 is 14.8 Å². The lowest BCUT2D eigenvalue weighted by Gasteiger charge is -2.13. The molecule has 0 aliphatic carbocycles. The third-order valence-corrected chi connectivity index (χ3v) is 4.27. The monoisotopic (exact) mass is 371 g/mol. The van der Waals surface area contributed by atoms with Gasteiger partial charge in [-0.05, 0) is 50.3 Å². The van der Waals surface area contributed by atoms with Gasteiger partial charge in [-0.1, -0.05) is 26.0 Å². The molecule has 27 heavy (non-hydrogen) atoms. The Labute approximate surface area is 161 Å². The molecule has 146 valence electrons. The van der Waals surface area contributed by atoms with Crippen molar-refractivity contribution in [1.82, 2.24) is 9.97 Å². The van der Waals surface area contributed by atoms with Crippen LogP contribution in [0.25, 0.3) is 0 Å². The van der Waals surface area contributed by atoms with Crippen molar-refractivity contribution in [3.05, 3.63) is 46.8 Å². The highest BCUT2D eigenvalue weighted by atomic mass is 16.5. The van der Waals surface area contributed by atoms with Gasteiger partial charge in [-0.3, -0.25) is 0 Å². The molecule has 0 saturated carbocycles. The lowest BCUT2D eigenvalue weighted by Crippen LogP contribution is -2.17. The van der Waals surface area contributed by atoms with E-state index in [4.69, 9.17) is 9.47 Å². The quantitative estimate of drug-likeness (QED) is 0.505. The SMILES string of the molecule is CCOC(=O)c1c(CC)nc(NCCCc2cccc(OC)c2)nc1CC. The smallest absolute Gasteiger partial charge is 0.341 e. The van der Waals surface area contributed by atoms with Gasteiger partial charge in [0.05, 0.1) is 25.1 Å². The van der Waals surface area contributed by atoms with Crippen molar-refractivity contribution in [2.24, 2.45) is 0 Å². The third-order valence-electron chi connectivity index (χ3n) is 4.27. The first-order chi connectivity index (χ1) is 13.1. The number of esters is 1. The van der Waals surface area contributed by atoms with Crippen LogP contribution in [-0.2, 0) is 24.0 Å². The predicted molar refractivity (Wildman–Crippen MR) is 107 cm³/mol. The normalized spacial score (nSPS) is 10.5. The molecule has 0 amide bonds. The second-order valence-corrected chi connectivity index (χ2v) is 6.13. The van der Waals surface area contributed by atoms with Gasteiger partial charge in [0.15, 0.2) is 0 Å². The van der Waals surface area contributed by atoms with E-state index < -0.39 is 0 Å². The van der Waals surface area contributed by atoms with Crippen molar-refractivity contribution < 1.29 is 14.3 Å². The van der Waals surface area contributed by atoms with Gasteiger partial charge in [0, 0.05) is 6.54 Å². The summed E-state index contributed by atoms with van der Waals surface area (Å²) in [6.45, 7) is 6.86. The molecule has 0 spiro atoms. The average Bonchev–Trinajstić information content (AvgIpc) is 2.70. The summed E-state index contributed by atoms with van der Waals surface area (Å²) in [6.07, 6.45) is 3.19. The maximum absolute atomic E-state index is 12.3. The summed E-state index contributed by atoms with van der Waals surface area (Å²) in [6, 6.07) is 8.09. The van der Waals surface area contributed by atoms with Gasteiger partial charge in [0.25, 0.3) is 0 Å². The lowest BCUT2D eigenvalue weighted by atomic mass is 10.1. The maximum Gasteiger partial charge on any atom is 0.341 e. The molecule has 0 radical (unpaired) electrons. The van der Waals surface area contributed by atoms with Crippen LogP contribution in [-0.4, -0.2) is 36.2 Å². The van der Waals surface area contributed by atoms with Crippen LogP contribution in [0.4, 0.5) is 5.95 Å². The summed E-state index contributed by atoms with van der Waals surface area (Å²) >= 11 is 0. The number of benzene rings is 1. The van der Waals surface area contributed by atoms with Crippen molar-refractivity contribution in [1.29, 1.82) is 0 Å². The molecule has 0 aliphatic rings. The minimum Gasteiger partial charge on any atom is -0.497 e. The molecule has 2 rings (SSSR count). The van der Waals surface area contributed by atoms with E-state index in [0.717, 1.165) is 36.5 Å². The molecule has 1 heterocycles. The highest BCUT2D eigenvalue weighted by Gasteiger charge is 2.20. The minimum atomic E-state index is -0.337. The first kappa shape index (κ1) is 20.7. The van der Waals surface area contributed by atoms with E-state index in [0.29, 0.717) is 31.0 Å². The summed E-state index contributed by atoms with van der Waals surface area (Å²) in [5.41, 5.74) is 3.22. The fourth-order valence-electron chi connectivity index (χ4n) is 2.91. The number of carbonyl (C=O) groups is 1. The Kier molecular flexibility index (Phi) is 8.04. The third kappa shape index (κ3) is 5.67. The molecular formula is C21H29N3O3. The highest BCUT2D eigenvalue weighted by molar-refractivity contribution is 5.92. The molecule has 6 nitrogen and oxygen atoms in total. The van der Waals surface area contributed by atoms with Crippen LogP contribution < -0.4 is 10.1 Å². The fourth-order valence-corrected chi connectivity index (χ4v) is 2.91. The molecule has 0 fully saturated rings. The molecule has 1 aromatic carbocycles. The Hall–Kier alpha value is -2.63. The molecule has 0 atom stereocenters. The summed E-state index contributed by atoms with van der Waals surface area (Å²) in [5, 5.41) is 3.29. The van der Waals surface area contributed by atoms with Gasteiger partial charge >= 0.3 is 5.97 Å². The van der Waals surface area contributed by atoms with Crippen LogP contribution in [0.15, 0.2) is 24.3 Å². The average molecular weight is 371 g/mol. The maximum atomic E-state index is 12.3. The summed E-state index contributed by atoms with van der Waals surface area (Å²) in [7, 11) is 1.68. The van der Waals surface area contributed by atoms with Crippen molar-refractivity contribution in [3.8, 4) is 5.75 Å². The van der Waals surface area contributed by atoms with Crippen LogP contribution >= 0.6 is 0 Å². The molecule has 6 heteroatoms. The number of nitrogens with zero attached hydrogens (tertiary/aromatic N) is 2. The Balaban J connectivity index is 2.02. The van der Waals surface area contributed by atoms with Gasteiger partial charge in [-0.15, -0.1) is 0 Å². The number of carbonyl (C=O) groups excluding carboxylic acids is 1. The van der Waals surface area contributed by atoms with E-state index in [9.17, 15) is 4.79 Å². The zero-order chi connectivity index (χ0) is 19.6. The zero-order valence-corrected chi connectivity index (χ0v) is 16.7. The second kappa shape index (κ2) is 10.5. The van der Waals surface area contributed by atoms with Crippen LogP contribution in [0.2, 0.25) is 0 Å². The number of hydrogen-bond donors (Lipinski definition) is 1. The lowest BCUT2D eigenvalue weighted by molar-refractivity contribution is 0.0522. The zero-order valence-electron chi connectivity index (χ0n) is 16.7. The minimum absolute atomic E-state index is 0.337. The van der Waals surface area contributed by atoms with Crippen molar-refractivity contribution in [2.45, 2.75) is 46.5 Å². The predicted octanol–water partition coefficient (Wildman–Crippen LogP) is 3.83. The largest absolute Gasteiger partial charge is 0.497 e. The second-order valence-electron chi connectivity index (χ2n) is 6.13. The number of ether oxygens (including phenoxy) is 2. The van der Waals surface area contributed by atoms with Crippen LogP contribution in [0.1, 0.15) is 54.5 Å². The molecule has 1 N–H and O–H groups in total. The number of nitrogens with one attached hydrogen (secondary N) is 1. The fraction of sp³-hybridized carbons (Fsp3) is 0.476. The Morgan fingerprint density at radius 1 is 1.11 bits per heavy atom. The molecule has 0 saturated heterocycles. The van der Waals surface area contributed by atoms with Crippen molar-refractivity contribution in [2.75, 3.05) is 25.6 Å². The molecule has 2 aromatic rings. The number of rotatable bonds is 10. The summed E-state index contributed by atoms with van der Waals surface area (Å²) in [4.78, 5) is 21.3. The van der Waals surface area contributed by atoms with Gasteiger partial charge in [-0.2, -0.15) is 0 Å². The molecular weight excluding hydrogens is 342 g/mol. The molecule has 1 aromatic heterocycles. The first-order valence-corrected chi connectivity index (χ1v) is 9.56. The highest BCUT2D eigenvalue weighted by Crippen LogP contribution is 2.18. The van der Waals surface area contributed by atoms with Crippen molar-refractivity contribution in [3.63, 3.8) is 0 Å². The first-order valence-electron chi connectivity index (χ1n) is 9.56.